The molecule has 2 aromatic carbocycles. The molecule has 2 N–H and O–H groups in total. The van der Waals surface area contributed by atoms with E-state index >= 15 is 0 Å². The van der Waals surface area contributed by atoms with Crippen LogP contribution in [0.5, 0.6) is 0 Å². The van der Waals surface area contributed by atoms with E-state index in [1.54, 1.807) is 0 Å². The molecule has 33 heavy (non-hydrogen) atoms. The highest BCUT2D eigenvalue weighted by Crippen LogP contribution is 2.19. The van der Waals surface area contributed by atoms with Crippen molar-refractivity contribution in [2.75, 3.05) is 43.6 Å². The Hall–Kier alpha value is -2.47. The molecule has 1 saturated heterocycles. The Morgan fingerprint density at radius 3 is 2.52 bits per heavy atom. The molecule has 2 aromatic rings. The van der Waals surface area contributed by atoms with E-state index in [0.717, 1.165) is 0 Å². The number of amides is 2. The monoisotopic (exact) mass is 495 g/mol. The summed E-state index contributed by atoms with van der Waals surface area (Å²) in [5.74, 6) is -0.810. The van der Waals surface area contributed by atoms with Crippen molar-refractivity contribution in [3.05, 3.63) is 59.9 Å². The maximum atomic E-state index is 13.1. The van der Waals surface area contributed by atoms with Gasteiger partial charge in [-0.1, -0.05) is 6.07 Å². The molecule has 2 amide bonds. The Kier molecular flexibility index (Phi) is 8.84. The minimum Gasteiger partial charge on any atom is -0.379 e. The van der Waals surface area contributed by atoms with E-state index in [1.807, 2.05) is 6.26 Å². The molecule has 0 aromatic heterocycles. The van der Waals surface area contributed by atoms with Crippen LogP contribution in [0.1, 0.15) is 16.8 Å². The Balaban J connectivity index is 1.74. The van der Waals surface area contributed by atoms with E-state index in [1.165, 1.54) is 64.6 Å². The summed E-state index contributed by atoms with van der Waals surface area (Å²) in [6, 6.07) is 10.2. The minimum absolute atomic E-state index is 0.00785. The van der Waals surface area contributed by atoms with Crippen LogP contribution in [-0.2, 0) is 19.6 Å². The Bertz CT molecular complexity index is 1070. The number of nitrogens with one attached hydrogen (secondary N) is 2. The number of nitrogens with zero attached hydrogens (tertiary/aromatic N) is 1. The highest BCUT2D eigenvalue weighted by molar-refractivity contribution is 7.98. The Morgan fingerprint density at radius 1 is 1.15 bits per heavy atom. The van der Waals surface area contributed by atoms with Gasteiger partial charge < -0.3 is 15.4 Å². The third-order valence-corrected chi connectivity index (χ3v) is 7.59. The van der Waals surface area contributed by atoms with Gasteiger partial charge in [-0.25, -0.2) is 12.8 Å². The van der Waals surface area contributed by atoms with Crippen LogP contribution in [0.3, 0.4) is 0 Å². The van der Waals surface area contributed by atoms with Gasteiger partial charge in [0, 0.05) is 24.3 Å². The van der Waals surface area contributed by atoms with Crippen LogP contribution in [0, 0.1) is 5.82 Å². The first kappa shape index (κ1) is 25.2. The van der Waals surface area contributed by atoms with Crippen molar-refractivity contribution in [3.63, 3.8) is 0 Å². The normalized spacial score (nSPS) is 15.6. The van der Waals surface area contributed by atoms with Gasteiger partial charge in [0.2, 0.25) is 15.9 Å². The quantitative estimate of drug-likeness (QED) is 0.553. The maximum Gasteiger partial charge on any atom is 0.251 e. The smallest absolute Gasteiger partial charge is 0.251 e. The zero-order valence-electron chi connectivity index (χ0n) is 18.1. The third kappa shape index (κ3) is 6.76. The maximum absolute atomic E-state index is 13.1. The molecule has 1 heterocycles. The summed E-state index contributed by atoms with van der Waals surface area (Å²) < 4.78 is 45.5. The van der Waals surface area contributed by atoms with Crippen molar-refractivity contribution >= 4 is 39.3 Å². The molecule has 1 fully saturated rings. The molecule has 1 aliphatic heterocycles. The fraction of sp³-hybridized carbons (Fsp3) is 0.364. The first-order valence-electron chi connectivity index (χ1n) is 10.4. The summed E-state index contributed by atoms with van der Waals surface area (Å²) in [6.45, 7) is 1.14. The van der Waals surface area contributed by atoms with Gasteiger partial charge in [0.15, 0.2) is 0 Å². The largest absolute Gasteiger partial charge is 0.379 e. The molecule has 0 bridgehead atoms. The number of anilines is 1. The van der Waals surface area contributed by atoms with Crippen molar-refractivity contribution in [2.45, 2.75) is 17.4 Å². The van der Waals surface area contributed by atoms with E-state index in [-0.39, 0.29) is 23.5 Å². The molecule has 1 aliphatic rings. The second-order valence-electron chi connectivity index (χ2n) is 7.35. The number of halogens is 1. The second kappa shape index (κ2) is 11.6. The number of carbonyl (C=O) groups is 2. The first-order chi connectivity index (χ1) is 15.8. The summed E-state index contributed by atoms with van der Waals surface area (Å²) >= 11 is 1.52. The van der Waals surface area contributed by atoms with Crippen LogP contribution in [0.25, 0.3) is 0 Å². The minimum atomic E-state index is -3.76. The summed E-state index contributed by atoms with van der Waals surface area (Å²) in [4.78, 5) is 25.7. The Morgan fingerprint density at radius 2 is 1.85 bits per heavy atom. The summed E-state index contributed by atoms with van der Waals surface area (Å²) in [7, 11) is -3.76. The lowest BCUT2D eigenvalue weighted by atomic mass is 10.1. The van der Waals surface area contributed by atoms with E-state index in [2.05, 4.69) is 10.6 Å². The molecule has 11 heteroatoms. The highest BCUT2D eigenvalue weighted by atomic mass is 32.2. The topological polar surface area (TPSA) is 105 Å². The summed E-state index contributed by atoms with van der Waals surface area (Å²) in [5, 5.41) is 5.36. The molecule has 3 rings (SSSR count). The van der Waals surface area contributed by atoms with Crippen molar-refractivity contribution in [1.82, 2.24) is 9.62 Å². The molecule has 8 nitrogen and oxygen atoms in total. The van der Waals surface area contributed by atoms with Gasteiger partial charge in [-0.15, -0.1) is 0 Å². The first-order valence-corrected chi connectivity index (χ1v) is 13.2. The number of benzene rings is 2. The zero-order chi connectivity index (χ0) is 23.8. The average molecular weight is 496 g/mol. The SMILES string of the molecule is CSCC[C@H](NC(=O)c1cccc(S(=O)(=O)N2CCOCC2)c1)C(=O)Nc1ccc(F)cc1. The molecule has 178 valence electrons. The standard InChI is InChI=1S/C22H26FN3O5S2/c1-32-14-9-20(22(28)24-18-7-5-17(23)6-8-18)25-21(27)16-3-2-4-19(15-16)33(29,30)26-10-12-31-13-11-26/h2-8,15,20H,9-14H2,1H3,(H,24,28)(H,25,27)/t20-/m0/s1. The average Bonchev–Trinajstić information content (AvgIpc) is 2.83. The number of morpholine rings is 1. The Labute approximate surface area is 196 Å². The molecular formula is C22H26FN3O5S2. The predicted octanol–water partition coefficient (Wildman–Crippen LogP) is 2.34. The van der Waals surface area contributed by atoms with E-state index < -0.39 is 33.7 Å². The molecular weight excluding hydrogens is 469 g/mol. The van der Waals surface area contributed by atoms with Crippen LogP contribution in [-0.4, -0.2) is 68.9 Å². The lowest BCUT2D eigenvalue weighted by molar-refractivity contribution is -0.118. The van der Waals surface area contributed by atoms with Crippen LogP contribution in [0.2, 0.25) is 0 Å². The van der Waals surface area contributed by atoms with Gasteiger partial charge in [0.1, 0.15) is 11.9 Å². The van der Waals surface area contributed by atoms with E-state index in [9.17, 15) is 22.4 Å². The molecule has 0 saturated carbocycles. The van der Waals surface area contributed by atoms with Gasteiger partial charge in [-0.3, -0.25) is 9.59 Å². The van der Waals surface area contributed by atoms with E-state index in [0.29, 0.717) is 31.1 Å². The van der Waals surface area contributed by atoms with E-state index in [4.69, 9.17) is 4.74 Å². The molecule has 1 atom stereocenters. The third-order valence-electron chi connectivity index (χ3n) is 5.05. The number of hydrogen-bond acceptors (Lipinski definition) is 6. The second-order valence-corrected chi connectivity index (χ2v) is 10.3. The fourth-order valence-corrected chi connectivity index (χ4v) is 5.17. The van der Waals surface area contributed by atoms with Crippen LogP contribution in [0.4, 0.5) is 10.1 Å². The number of ether oxygens (including phenoxy) is 1. The number of hydrogen-bond donors (Lipinski definition) is 2. The van der Waals surface area contributed by atoms with Crippen molar-refractivity contribution in [1.29, 1.82) is 0 Å². The van der Waals surface area contributed by atoms with Gasteiger partial charge in [-0.2, -0.15) is 16.1 Å². The molecule has 0 radical (unpaired) electrons. The van der Waals surface area contributed by atoms with Crippen LogP contribution in [0.15, 0.2) is 53.4 Å². The van der Waals surface area contributed by atoms with Crippen molar-refractivity contribution in [2.24, 2.45) is 0 Å². The predicted molar refractivity (Wildman–Crippen MR) is 125 cm³/mol. The zero-order valence-corrected chi connectivity index (χ0v) is 19.8. The highest BCUT2D eigenvalue weighted by Gasteiger charge is 2.27. The number of rotatable bonds is 9. The van der Waals surface area contributed by atoms with Crippen LogP contribution >= 0.6 is 11.8 Å². The number of thioether (sulfide) groups is 1. The molecule has 0 spiro atoms. The van der Waals surface area contributed by atoms with Gasteiger partial charge >= 0.3 is 0 Å². The van der Waals surface area contributed by atoms with Crippen molar-refractivity contribution < 1.29 is 27.1 Å². The fourth-order valence-electron chi connectivity index (χ4n) is 3.24. The molecule has 0 aliphatic carbocycles. The van der Waals surface area contributed by atoms with Gasteiger partial charge in [0.05, 0.1) is 18.1 Å². The summed E-state index contributed by atoms with van der Waals surface area (Å²) in [6.07, 6.45) is 2.25. The lowest BCUT2D eigenvalue weighted by Gasteiger charge is -2.26. The van der Waals surface area contributed by atoms with Gasteiger partial charge in [-0.05, 0) is 60.9 Å². The lowest BCUT2D eigenvalue weighted by Crippen LogP contribution is -2.44. The number of sulfonamides is 1. The molecule has 0 unspecified atom stereocenters. The van der Waals surface area contributed by atoms with Gasteiger partial charge in [0.25, 0.3) is 5.91 Å². The van der Waals surface area contributed by atoms with Crippen LogP contribution < -0.4 is 10.6 Å². The van der Waals surface area contributed by atoms with Crippen molar-refractivity contribution in [3.8, 4) is 0 Å². The number of carbonyl (C=O) groups excluding carboxylic acids is 2. The summed E-state index contributed by atoms with van der Waals surface area (Å²) in [5.41, 5.74) is 0.538.